The summed E-state index contributed by atoms with van der Waals surface area (Å²) in [6, 6.07) is 0. The summed E-state index contributed by atoms with van der Waals surface area (Å²) in [7, 11) is 0. The molecule has 276 valence electrons. The van der Waals surface area contributed by atoms with E-state index in [4.69, 9.17) is 15.2 Å². The van der Waals surface area contributed by atoms with Gasteiger partial charge in [-0.25, -0.2) is 0 Å². The minimum atomic E-state index is -0.547. The van der Waals surface area contributed by atoms with Crippen molar-refractivity contribution in [3.8, 4) is 0 Å². The molecule has 0 aromatic heterocycles. The summed E-state index contributed by atoms with van der Waals surface area (Å²) in [5.74, 6) is 1.96. The second-order valence-electron chi connectivity index (χ2n) is 19.2. The van der Waals surface area contributed by atoms with E-state index in [2.05, 4.69) is 60.0 Å². The molecule has 0 bridgehead atoms. The molecule has 0 aliphatic heterocycles. The number of nitrogens with two attached hydrogens (primary N) is 1. The zero-order valence-electron chi connectivity index (χ0n) is 32.2. The van der Waals surface area contributed by atoms with E-state index in [0.717, 1.165) is 44.9 Å². The van der Waals surface area contributed by atoms with Crippen molar-refractivity contribution >= 4 is 17.8 Å². The van der Waals surface area contributed by atoms with Crippen molar-refractivity contribution in [1.29, 1.82) is 0 Å². The van der Waals surface area contributed by atoms with Crippen LogP contribution < -0.4 is 11.1 Å². The van der Waals surface area contributed by atoms with Crippen molar-refractivity contribution in [3.63, 3.8) is 0 Å². The molecule has 0 spiro atoms. The van der Waals surface area contributed by atoms with Gasteiger partial charge in [-0.15, -0.1) is 0 Å². The highest BCUT2D eigenvalue weighted by molar-refractivity contribution is 5.84. The van der Waals surface area contributed by atoms with E-state index in [1.807, 2.05) is 13.8 Å². The van der Waals surface area contributed by atoms with Gasteiger partial charge in [0.2, 0.25) is 5.91 Å². The first-order chi connectivity index (χ1) is 22.8. The molecule has 5 aliphatic rings. The molecule has 5 rings (SSSR count). The number of fused-ring (bicyclic) bond motifs is 7. The highest BCUT2D eigenvalue weighted by Crippen LogP contribution is 2.77. The van der Waals surface area contributed by atoms with Crippen LogP contribution in [0, 0.1) is 62.1 Å². The van der Waals surface area contributed by atoms with E-state index in [-0.39, 0.29) is 70.5 Å². The van der Waals surface area contributed by atoms with Crippen LogP contribution in [0.25, 0.3) is 0 Å². The van der Waals surface area contributed by atoms with Gasteiger partial charge in [-0.3, -0.25) is 14.4 Å². The summed E-state index contributed by atoms with van der Waals surface area (Å²) in [6.45, 7) is 27.8. The third-order valence-corrected chi connectivity index (χ3v) is 15.8. The van der Waals surface area contributed by atoms with Crippen molar-refractivity contribution in [1.82, 2.24) is 5.32 Å². The number of allylic oxidation sites excluding steroid dienone is 1. The maximum atomic E-state index is 14.0. The Labute approximate surface area is 297 Å². The molecule has 49 heavy (non-hydrogen) atoms. The zero-order valence-corrected chi connectivity index (χ0v) is 32.2. The fourth-order valence-electron chi connectivity index (χ4n) is 13.3. The number of hydrogen-bond donors (Lipinski definition) is 2. The van der Waals surface area contributed by atoms with Gasteiger partial charge in [-0.2, -0.15) is 0 Å². The maximum Gasteiger partial charge on any atom is 0.306 e. The number of rotatable bonds is 11. The average Bonchev–Trinajstić information content (AvgIpc) is 3.41. The van der Waals surface area contributed by atoms with Crippen LogP contribution in [0.4, 0.5) is 0 Å². The zero-order chi connectivity index (χ0) is 36.2. The van der Waals surface area contributed by atoms with Gasteiger partial charge in [0, 0.05) is 18.5 Å². The first kappa shape index (κ1) is 38.1. The summed E-state index contributed by atoms with van der Waals surface area (Å²) >= 11 is 0. The summed E-state index contributed by atoms with van der Waals surface area (Å²) < 4.78 is 11.5. The van der Waals surface area contributed by atoms with E-state index < -0.39 is 5.41 Å². The van der Waals surface area contributed by atoms with Gasteiger partial charge in [-0.1, -0.05) is 73.3 Å². The monoisotopic (exact) mass is 681 g/mol. The second-order valence-corrected chi connectivity index (χ2v) is 19.2. The molecule has 3 N–H and O–H groups in total. The summed E-state index contributed by atoms with van der Waals surface area (Å²) in [5, 5.41) is 3.24. The number of hydrogen-bond acceptors (Lipinski definition) is 6. The SMILES string of the molecule is C=CCOC(=O)CC(C)(C)CC(=O)O[C@H]1CC[C@@]2(C)C(CC[C@]3(C)C2CC[C@@H]2C4C(C(=C)C)CC[C@]4(C(=O)NCCN)CC[C@]23C)C1(C)C. The van der Waals surface area contributed by atoms with Crippen molar-refractivity contribution in [2.45, 2.75) is 139 Å². The van der Waals surface area contributed by atoms with E-state index in [9.17, 15) is 14.4 Å². The minimum absolute atomic E-state index is 0.144. The van der Waals surface area contributed by atoms with E-state index in [1.54, 1.807) is 6.08 Å². The van der Waals surface area contributed by atoms with Crippen molar-refractivity contribution in [2.24, 2.45) is 67.8 Å². The Morgan fingerprint density at radius 2 is 1.57 bits per heavy atom. The van der Waals surface area contributed by atoms with E-state index >= 15 is 0 Å². The van der Waals surface area contributed by atoms with Crippen LogP contribution in [-0.4, -0.2) is 43.6 Å². The predicted octanol–water partition coefficient (Wildman–Crippen LogP) is 8.17. The van der Waals surface area contributed by atoms with Gasteiger partial charge in [-0.05, 0) is 122 Å². The molecule has 7 nitrogen and oxygen atoms in total. The lowest BCUT2D eigenvalue weighted by molar-refractivity contribution is -0.249. The number of amides is 1. The molecular weight excluding hydrogens is 612 g/mol. The Hall–Kier alpha value is -2.15. The van der Waals surface area contributed by atoms with E-state index in [1.165, 1.54) is 24.8 Å². The Kier molecular flexibility index (Phi) is 10.4. The van der Waals surface area contributed by atoms with Crippen LogP contribution in [0.2, 0.25) is 0 Å². The lowest BCUT2D eigenvalue weighted by Crippen LogP contribution is -2.67. The molecule has 1 amide bonds. The van der Waals surface area contributed by atoms with Gasteiger partial charge in [0.15, 0.2) is 0 Å². The molecule has 5 saturated carbocycles. The standard InChI is InChI=1S/C42H68N2O5/c1-11-24-48-33(45)25-37(4,5)26-34(46)49-32-16-17-39(8)30(38(32,6)7)15-18-41(10)31(39)13-12-29-35-28(27(2)3)14-19-42(35,21-20-40(29,41)9)36(47)44-23-22-43/h11,28-32,35H,1-2,12-26,43H2,3-10H3,(H,44,47)/t28?,29-,30?,31?,32+,35?,39+,40-,41-,42+/m1/s1. The van der Waals surface area contributed by atoms with Gasteiger partial charge in [0.1, 0.15) is 12.7 Å². The van der Waals surface area contributed by atoms with Gasteiger partial charge in [0.05, 0.1) is 18.3 Å². The molecule has 5 fully saturated rings. The van der Waals surface area contributed by atoms with Gasteiger partial charge >= 0.3 is 11.9 Å². The number of nitrogens with one attached hydrogen (secondary N) is 1. The maximum absolute atomic E-state index is 14.0. The molecule has 10 atom stereocenters. The predicted molar refractivity (Wildman–Crippen MR) is 195 cm³/mol. The third kappa shape index (κ3) is 6.24. The molecule has 5 aliphatic carbocycles. The van der Waals surface area contributed by atoms with Crippen LogP contribution in [0.5, 0.6) is 0 Å². The van der Waals surface area contributed by atoms with Crippen LogP contribution >= 0.6 is 0 Å². The van der Waals surface area contributed by atoms with Crippen molar-refractivity contribution in [2.75, 3.05) is 19.7 Å². The van der Waals surface area contributed by atoms with Crippen LogP contribution in [0.3, 0.4) is 0 Å². The minimum Gasteiger partial charge on any atom is -0.462 e. The third-order valence-electron chi connectivity index (χ3n) is 15.8. The molecule has 0 aromatic rings. The quantitative estimate of drug-likeness (QED) is 0.168. The molecular formula is C42H68N2O5. The lowest BCUT2D eigenvalue weighted by Gasteiger charge is -2.72. The molecule has 0 aromatic carbocycles. The molecule has 0 radical (unpaired) electrons. The Morgan fingerprint density at radius 1 is 0.878 bits per heavy atom. The topological polar surface area (TPSA) is 108 Å². The summed E-state index contributed by atoms with van der Waals surface area (Å²) in [5.41, 5.74) is 6.54. The fourth-order valence-corrected chi connectivity index (χ4v) is 13.3. The number of esters is 2. The fraction of sp³-hybridized carbons (Fsp3) is 0.833. The van der Waals surface area contributed by atoms with Crippen LogP contribution in [-0.2, 0) is 23.9 Å². The summed E-state index contributed by atoms with van der Waals surface area (Å²) in [4.78, 5) is 39.7. The van der Waals surface area contributed by atoms with Crippen molar-refractivity contribution in [3.05, 3.63) is 24.8 Å². The normalized spacial score (nSPS) is 40.8. The first-order valence-corrected chi connectivity index (χ1v) is 19.4. The van der Waals surface area contributed by atoms with Crippen LogP contribution in [0.1, 0.15) is 132 Å². The highest BCUT2D eigenvalue weighted by atomic mass is 16.5. The van der Waals surface area contributed by atoms with E-state index in [0.29, 0.717) is 42.7 Å². The molecule has 0 heterocycles. The number of carbonyl (C=O) groups excluding carboxylic acids is 3. The number of carbonyl (C=O) groups is 3. The molecule has 7 heteroatoms. The first-order valence-electron chi connectivity index (χ1n) is 19.4. The second kappa shape index (κ2) is 13.4. The Morgan fingerprint density at radius 3 is 2.22 bits per heavy atom. The van der Waals surface area contributed by atoms with Crippen molar-refractivity contribution < 1.29 is 23.9 Å². The van der Waals surface area contributed by atoms with Gasteiger partial charge < -0.3 is 20.5 Å². The Bertz CT molecular complexity index is 1320. The lowest BCUT2D eigenvalue weighted by atomic mass is 9.32. The largest absolute Gasteiger partial charge is 0.462 e. The van der Waals surface area contributed by atoms with Crippen LogP contribution in [0.15, 0.2) is 24.8 Å². The number of ether oxygens (including phenoxy) is 2. The summed E-state index contributed by atoms with van der Waals surface area (Å²) in [6.07, 6.45) is 12.4. The van der Waals surface area contributed by atoms with Gasteiger partial charge in [0.25, 0.3) is 0 Å². The molecule has 0 saturated heterocycles. The molecule has 4 unspecified atom stereocenters. The average molecular weight is 681 g/mol. The highest BCUT2D eigenvalue weighted by Gasteiger charge is 2.72. The smallest absolute Gasteiger partial charge is 0.306 e. The Balaban J connectivity index is 1.35.